The van der Waals surface area contributed by atoms with Gasteiger partial charge in [0.1, 0.15) is 6.61 Å². The van der Waals surface area contributed by atoms with Crippen LogP contribution in [0.15, 0.2) is 0 Å². The molecule has 0 aromatic carbocycles. The molecule has 0 aliphatic rings. The first kappa shape index (κ1) is 16.3. The predicted octanol–water partition coefficient (Wildman–Crippen LogP) is -1.55. The minimum atomic E-state index is -3.23. The van der Waals surface area contributed by atoms with Crippen molar-refractivity contribution in [3.8, 4) is 0 Å². The SMILES string of the molecule is O=[PH](O)OCC(O)O[PH](=O)O.[KH]. The molecule has 0 heterocycles. The van der Waals surface area contributed by atoms with Gasteiger partial charge in [-0.25, -0.2) is 0 Å². The van der Waals surface area contributed by atoms with Gasteiger partial charge in [0.2, 0.25) is 0 Å². The Morgan fingerprint density at radius 1 is 1.25 bits per heavy atom. The van der Waals surface area contributed by atoms with E-state index < -0.39 is 29.4 Å². The Hall–Kier alpha value is 1.90. The van der Waals surface area contributed by atoms with Crippen LogP contribution < -0.4 is 0 Å². The van der Waals surface area contributed by atoms with Gasteiger partial charge in [0, 0.05) is 0 Å². The maximum absolute atomic E-state index is 9.87. The van der Waals surface area contributed by atoms with Crippen molar-refractivity contribution in [2.45, 2.75) is 6.29 Å². The molecule has 0 saturated heterocycles. The fourth-order valence-corrected chi connectivity index (χ4v) is 0.879. The van der Waals surface area contributed by atoms with Crippen LogP contribution >= 0.6 is 16.5 Å². The number of rotatable bonds is 5. The van der Waals surface area contributed by atoms with Crippen LogP contribution in [-0.4, -0.2) is 79.2 Å². The van der Waals surface area contributed by atoms with Gasteiger partial charge in [-0.2, -0.15) is 0 Å². The molecule has 10 heteroatoms. The molecule has 0 bridgehead atoms. The molecule has 0 radical (unpaired) electrons. The Balaban J connectivity index is 0. The zero-order chi connectivity index (χ0) is 8.85. The van der Waals surface area contributed by atoms with Gasteiger partial charge in [-0.1, -0.05) is 0 Å². The van der Waals surface area contributed by atoms with Gasteiger partial charge in [-0.15, -0.1) is 0 Å². The third-order valence-electron chi connectivity index (χ3n) is 0.586. The van der Waals surface area contributed by atoms with Crippen LogP contribution in [0.5, 0.6) is 0 Å². The molecule has 3 unspecified atom stereocenters. The summed E-state index contributed by atoms with van der Waals surface area (Å²) in [4.78, 5) is 16.1. The second-order valence-electron chi connectivity index (χ2n) is 1.42. The van der Waals surface area contributed by atoms with Gasteiger partial charge in [0.25, 0.3) is 0 Å². The van der Waals surface area contributed by atoms with Crippen LogP contribution in [0, 0.1) is 0 Å². The van der Waals surface area contributed by atoms with Crippen LogP contribution in [0.1, 0.15) is 0 Å². The summed E-state index contributed by atoms with van der Waals surface area (Å²) in [7, 11) is -6.36. The van der Waals surface area contributed by atoms with E-state index in [4.69, 9.17) is 14.9 Å². The third kappa shape index (κ3) is 11.9. The first-order valence-electron chi connectivity index (χ1n) is 2.45. The maximum atomic E-state index is 9.87. The Morgan fingerprint density at radius 3 is 2.08 bits per heavy atom. The van der Waals surface area contributed by atoms with Gasteiger partial charge < -0.3 is 19.4 Å². The van der Waals surface area contributed by atoms with Crippen LogP contribution in [0.3, 0.4) is 0 Å². The zero-order valence-corrected chi connectivity index (χ0v) is 7.26. The van der Waals surface area contributed by atoms with Crippen molar-refractivity contribution in [1.29, 1.82) is 0 Å². The van der Waals surface area contributed by atoms with Crippen LogP contribution in [0.2, 0.25) is 0 Å². The van der Waals surface area contributed by atoms with E-state index in [1.165, 1.54) is 0 Å². The molecule has 0 spiro atoms. The van der Waals surface area contributed by atoms with Gasteiger partial charge in [-0.05, 0) is 0 Å². The molecule has 0 rings (SSSR count). The number of hydrogen-bond donors (Lipinski definition) is 3. The fourth-order valence-electron chi connectivity index (χ4n) is 0.293. The van der Waals surface area contributed by atoms with Crippen molar-refractivity contribution in [2.24, 2.45) is 0 Å². The Labute approximate surface area is 112 Å². The summed E-state index contributed by atoms with van der Waals surface area (Å²) in [6.45, 7) is -0.606. The zero-order valence-electron chi connectivity index (χ0n) is 5.26. The van der Waals surface area contributed by atoms with E-state index in [2.05, 4.69) is 9.05 Å². The predicted molar refractivity (Wildman–Crippen MR) is 42.6 cm³/mol. The number of hydrogen-bond acceptors (Lipinski definition) is 5. The second kappa shape index (κ2) is 9.45. The quantitative estimate of drug-likeness (QED) is 0.306. The molecule has 3 atom stereocenters. The van der Waals surface area contributed by atoms with Gasteiger partial charge in [0.05, 0.1) is 0 Å². The monoisotopic (exact) mass is 246 g/mol. The fraction of sp³-hybridized carbons (Fsp3) is 1.00. The number of aliphatic hydroxyl groups is 1. The van der Waals surface area contributed by atoms with E-state index in [9.17, 15) is 9.13 Å². The molecule has 0 aliphatic carbocycles. The average Bonchev–Trinajstić information content (AvgIpc) is 1.82. The molecule has 0 amide bonds. The van der Waals surface area contributed by atoms with E-state index in [0.29, 0.717) is 0 Å². The molecule has 0 aliphatic heterocycles. The van der Waals surface area contributed by atoms with Crippen molar-refractivity contribution in [3.05, 3.63) is 0 Å². The first-order valence-corrected chi connectivity index (χ1v) is 4.98. The van der Waals surface area contributed by atoms with E-state index in [0.717, 1.165) is 0 Å². The Bertz CT molecular complexity index is 161. The molecule has 70 valence electrons. The summed E-state index contributed by atoms with van der Waals surface area (Å²) in [6.07, 6.45) is -1.65. The molecule has 0 saturated carbocycles. The first-order chi connectivity index (χ1) is 5.02. The van der Waals surface area contributed by atoms with Crippen molar-refractivity contribution >= 4 is 67.9 Å². The second-order valence-corrected chi connectivity index (χ2v) is 3.00. The molecule has 3 N–H and O–H groups in total. The normalized spacial score (nSPS) is 17.6. The van der Waals surface area contributed by atoms with Crippen molar-refractivity contribution < 1.29 is 33.1 Å². The summed E-state index contributed by atoms with van der Waals surface area (Å²) in [5.41, 5.74) is 0. The third-order valence-corrected chi connectivity index (χ3v) is 1.47. The molecule has 0 fully saturated rings. The van der Waals surface area contributed by atoms with E-state index >= 15 is 0 Å². The molecule has 0 aromatic heterocycles. The van der Waals surface area contributed by atoms with E-state index in [1.54, 1.807) is 0 Å². The van der Waals surface area contributed by atoms with Gasteiger partial charge in [0.15, 0.2) is 6.29 Å². The topological polar surface area (TPSA) is 113 Å². The minimum absolute atomic E-state index is 0. The van der Waals surface area contributed by atoms with Gasteiger partial charge in [-0.3, -0.25) is 13.7 Å². The van der Waals surface area contributed by atoms with Crippen molar-refractivity contribution in [2.75, 3.05) is 6.61 Å². The van der Waals surface area contributed by atoms with Crippen LogP contribution in [0.25, 0.3) is 0 Å². The summed E-state index contributed by atoms with van der Waals surface area (Å²) in [5.74, 6) is 0. The molecule has 0 aromatic rings. The average molecular weight is 246 g/mol. The summed E-state index contributed by atoms with van der Waals surface area (Å²) in [6, 6.07) is 0. The summed E-state index contributed by atoms with van der Waals surface area (Å²) >= 11 is 0. The standard InChI is InChI=1S/C2H8O7P2.K.H/c3-2(9-11(6)7)1-8-10(4)5;;/h2-3,10-11H,1H2,(H,4,5)(H,6,7);;. The number of aliphatic hydroxyl groups excluding tert-OH is 1. The van der Waals surface area contributed by atoms with Crippen molar-refractivity contribution in [3.63, 3.8) is 0 Å². The molecule has 12 heavy (non-hydrogen) atoms. The molecule has 7 nitrogen and oxygen atoms in total. The van der Waals surface area contributed by atoms with Crippen molar-refractivity contribution in [1.82, 2.24) is 0 Å². The summed E-state index contributed by atoms with van der Waals surface area (Å²) in [5, 5.41) is 8.55. The molecular formula is C2H9KO7P2. The Morgan fingerprint density at radius 2 is 1.75 bits per heavy atom. The van der Waals surface area contributed by atoms with E-state index in [1.807, 2.05) is 0 Å². The van der Waals surface area contributed by atoms with Gasteiger partial charge >= 0.3 is 67.9 Å². The summed E-state index contributed by atoms with van der Waals surface area (Å²) < 4.78 is 27.6. The van der Waals surface area contributed by atoms with Crippen LogP contribution in [-0.2, 0) is 18.2 Å². The van der Waals surface area contributed by atoms with E-state index in [-0.39, 0.29) is 51.4 Å². The Kier molecular flexibility index (Phi) is 12.9. The molecular weight excluding hydrogens is 237 g/mol. The van der Waals surface area contributed by atoms with Crippen LogP contribution in [0.4, 0.5) is 0 Å².